The van der Waals surface area contributed by atoms with Crippen LogP contribution in [0.3, 0.4) is 0 Å². The van der Waals surface area contributed by atoms with Crippen molar-refractivity contribution in [3.05, 3.63) is 48.3 Å². The molecule has 76 valence electrons. The van der Waals surface area contributed by atoms with E-state index in [4.69, 9.17) is 0 Å². The number of hydrogen-bond acceptors (Lipinski definition) is 2. The summed E-state index contributed by atoms with van der Waals surface area (Å²) in [7, 11) is 0. The molecule has 2 aromatic rings. The number of aliphatic hydroxyl groups is 1. The number of aliphatic hydroxyl groups excluding tert-OH is 1. The van der Waals surface area contributed by atoms with Crippen LogP contribution in [0.2, 0.25) is 0 Å². The molecule has 0 fully saturated rings. The van der Waals surface area contributed by atoms with E-state index >= 15 is 0 Å². The molecule has 1 N–H and O–H groups in total. The van der Waals surface area contributed by atoms with Crippen LogP contribution >= 0.6 is 0 Å². The number of benzene rings is 1. The molecule has 0 saturated carbocycles. The zero-order valence-corrected chi connectivity index (χ0v) is 8.64. The van der Waals surface area contributed by atoms with Gasteiger partial charge in [-0.1, -0.05) is 31.2 Å². The van der Waals surface area contributed by atoms with Crippen molar-refractivity contribution in [3.63, 3.8) is 0 Å². The summed E-state index contributed by atoms with van der Waals surface area (Å²) in [5, 5.41) is 11.9. The van der Waals surface area contributed by atoms with E-state index in [0.29, 0.717) is 5.69 Å². The molecule has 1 aromatic heterocycles. The number of hydrogen-bond donors (Lipinski definition) is 1. The van der Waals surface area contributed by atoms with Gasteiger partial charge in [0, 0.05) is 11.6 Å². The minimum Gasteiger partial charge on any atom is -0.506 e. The van der Waals surface area contributed by atoms with E-state index in [0.717, 1.165) is 17.2 Å². The maximum Gasteiger partial charge on any atom is 0.137 e. The first-order valence-corrected chi connectivity index (χ1v) is 5.05. The molecule has 0 amide bonds. The number of rotatable bonds is 2. The van der Waals surface area contributed by atoms with Crippen LogP contribution in [0.5, 0.6) is 0 Å². The Balaban J connectivity index is 2.51. The van der Waals surface area contributed by atoms with Crippen LogP contribution in [0.1, 0.15) is 19.0 Å². The Labute approximate surface area is 88.9 Å². The summed E-state index contributed by atoms with van der Waals surface area (Å²) in [6, 6.07) is 9.88. The highest BCUT2D eigenvalue weighted by Gasteiger charge is 2.00. The maximum atomic E-state index is 9.68. The molecule has 0 aliphatic carbocycles. The van der Waals surface area contributed by atoms with Crippen molar-refractivity contribution in [2.24, 2.45) is 0 Å². The van der Waals surface area contributed by atoms with E-state index in [2.05, 4.69) is 4.98 Å². The summed E-state index contributed by atoms with van der Waals surface area (Å²) in [6.45, 7) is 1.98. The van der Waals surface area contributed by atoms with Crippen LogP contribution in [0.15, 0.2) is 42.6 Å². The predicted octanol–water partition coefficient (Wildman–Crippen LogP) is 3.54. The second kappa shape index (κ2) is 4.13. The zero-order valence-electron chi connectivity index (χ0n) is 8.64. The molecule has 1 aromatic carbocycles. The Bertz CT molecular complexity index is 503. The quantitative estimate of drug-likeness (QED) is 0.750. The highest BCUT2D eigenvalue weighted by Crippen LogP contribution is 2.17. The minimum atomic E-state index is 0.253. The van der Waals surface area contributed by atoms with Crippen molar-refractivity contribution in [1.82, 2.24) is 4.98 Å². The third-order valence-corrected chi connectivity index (χ3v) is 2.29. The minimum absolute atomic E-state index is 0.253. The smallest absolute Gasteiger partial charge is 0.137 e. The average molecular weight is 199 g/mol. The molecule has 0 bridgehead atoms. The Hall–Kier alpha value is -1.83. The van der Waals surface area contributed by atoms with Gasteiger partial charge in [-0.05, 0) is 23.9 Å². The van der Waals surface area contributed by atoms with Gasteiger partial charge in [0.15, 0.2) is 0 Å². The third-order valence-electron chi connectivity index (χ3n) is 2.29. The Kier molecular flexibility index (Phi) is 2.68. The molecule has 0 saturated heterocycles. The SMILES string of the molecule is CC/C=C(\O)c1cc2ccccc2cn1. The monoisotopic (exact) mass is 199 g/mol. The summed E-state index contributed by atoms with van der Waals surface area (Å²) in [5.74, 6) is 0.253. The molecule has 0 radical (unpaired) electrons. The lowest BCUT2D eigenvalue weighted by Gasteiger charge is -2.01. The first-order chi connectivity index (χ1) is 7.31. The standard InChI is InChI=1S/C13H13NO/c1-2-5-13(15)12-8-10-6-3-4-7-11(10)9-14-12/h3-9,15H,2H2,1H3/b13-5-. The Morgan fingerprint density at radius 2 is 2.07 bits per heavy atom. The second-order valence-electron chi connectivity index (χ2n) is 3.41. The highest BCUT2D eigenvalue weighted by atomic mass is 16.3. The number of aromatic nitrogens is 1. The lowest BCUT2D eigenvalue weighted by atomic mass is 10.1. The van der Waals surface area contributed by atoms with Gasteiger partial charge in [0.2, 0.25) is 0 Å². The predicted molar refractivity (Wildman–Crippen MR) is 62.6 cm³/mol. The van der Waals surface area contributed by atoms with Crippen LogP contribution in [-0.2, 0) is 0 Å². The molecule has 0 atom stereocenters. The lowest BCUT2D eigenvalue weighted by molar-refractivity contribution is 0.506. The molecule has 0 spiro atoms. The molecule has 15 heavy (non-hydrogen) atoms. The van der Waals surface area contributed by atoms with Gasteiger partial charge in [-0.2, -0.15) is 0 Å². The highest BCUT2D eigenvalue weighted by molar-refractivity contribution is 5.83. The van der Waals surface area contributed by atoms with Crippen molar-refractivity contribution in [2.45, 2.75) is 13.3 Å². The van der Waals surface area contributed by atoms with Gasteiger partial charge in [-0.25, -0.2) is 0 Å². The molecule has 2 nitrogen and oxygen atoms in total. The van der Waals surface area contributed by atoms with E-state index in [9.17, 15) is 5.11 Å². The van der Waals surface area contributed by atoms with Gasteiger partial charge in [0.1, 0.15) is 11.5 Å². The van der Waals surface area contributed by atoms with Crippen LogP contribution < -0.4 is 0 Å². The van der Waals surface area contributed by atoms with Crippen molar-refractivity contribution < 1.29 is 5.11 Å². The topological polar surface area (TPSA) is 33.1 Å². The molecular weight excluding hydrogens is 186 g/mol. The van der Waals surface area contributed by atoms with E-state index in [1.807, 2.05) is 37.3 Å². The van der Waals surface area contributed by atoms with Crippen molar-refractivity contribution in [3.8, 4) is 0 Å². The van der Waals surface area contributed by atoms with Crippen LogP contribution in [0, 0.1) is 0 Å². The molecular formula is C13H13NO. The van der Waals surface area contributed by atoms with Gasteiger partial charge in [0.05, 0.1) is 0 Å². The first kappa shape index (κ1) is 9.71. The van der Waals surface area contributed by atoms with E-state index in [1.54, 1.807) is 12.3 Å². The van der Waals surface area contributed by atoms with E-state index in [-0.39, 0.29) is 5.76 Å². The number of fused-ring (bicyclic) bond motifs is 1. The van der Waals surface area contributed by atoms with Crippen LogP contribution in [0.25, 0.3) is 16.5 Å². The van der Waals surface area contributed by atoms with Gasteiger partial charge >= 0.3 is 0 Å². The summed E-state index contributed by atoms with van der Waals surface area (Å²) >= 11 is 0. The zero-order chi connectivity index (χ0) is 10.7. The van der Waals surface area contributed by atoms with Gasteiger partial charge in [0.25, 0.3) is 0 Å². The van der Waals surface area contributed by atoms with E-state index in [1.165, 1.54) is 0 Å². The fourth-order valence-corrected chi connectivity index (χ4v) is 1.52. The molecule has 1 heterocycles. The number of pyridine rings is 1. The van der Waals surface area contributed by atoms with Gasteiger partial charge in [-0.15, -0.1) is 0 Å². The normalized spacial score (nSPS) is 11.9. The van der Waals surface area contributed by atoms with Crippen LogP contribution in [0.4, 0.5) is 0 Å². The molecule has 0 aliphatic heterocycles. The molecule has 0 aliphatic rings. The fourth-order valence-electron chi connectivity index (χ4n) is 1.52. The average Bonchev–Trinajstić information content (AvgIpc) is 2.29. The third kappa shape index (κ3) is 1.99. The maximum absolute atomic E-state index is 9.68. The molecule has 0 unspecified atom stereocenters. The summed E-state index contributed by atoms with van der Waals surface area (Å²) in [6.07, 6.45) is 4.35. The second-order valence-corrected chi connectivity index (χ2v) is 3.41. The largest absolute Gasteiger partial charge is 0.506 e. The summed E-state index contributed by atoms with van der Waals surface area (Å²) in [5.41, 5.74) is 0.635. The number of nitrogens with zero attached hydrogens (tertiary/aromatic N) is 1. The Morgan fingerprint density at radius 3 is 2.80 bits per heavy atom. The molecule has 2 rings (SSSR count). The van der Waals surface area contributed by atoms with Crippen LogP contribution in [-0.4, -0.2) is 10.1 Å². The lowest BCUT2D eigenvalue weighted by Crippen LogP contribution is -1.88. The Morgan fingerprint density at radius 1 is 1.33 bits per heavy atom. The number of allylic oxidation sites excluding steroid dienone is 1. The van der Waals surface area contributed by atoms with Crippen molar-refractivity contribution in [1.29, 1.82) is 0 Å². The van der Waals surface area contributed by atoms with E-state index < -0.39 is 0 Å². The van der Waals surface area contributed by atoms with Crippen molar-refractivity contribution in [2.75, 3.05) is 0 Å². The summed E-state index contributed by atoms with van der Waals surface area (Å²) < 4.78 is 0. The molecule has 2 heteroatoms. The van der Waals surface area contributed by atoms with Gasteiger partial charge in [-0.3, -0.25) is 4.98 Å². The van der Waals surface area contributed by atoms with Crippen molar-refractivity contribution >= 4 is 16.5 Å². The van der Waals surface area contributed by atoms with Gasteiger partial charge < -0.3 is 5.11 Å². The first-order valence-electron chi connectivity index (χ1n) is 5.05. The summed E-state index contributed by atoms with van der Waals surface area (Å²) in [4.78, 5) is 4.21. The fraction of sp³-hybridized carbons (Fsp3) is 0.154.